The molecule has 1 atom stereocenters. The van der Waals surface area contributed by atoms with E-state index in [0.717, 1.165) is 19.0 Å². The van der Waals surface area contributed by atoms with Crippen LogP contribution in [0.4, 0.5) is 0 Å². The number of nitrogens with one attached hydrogen (secondary N) is 1. The van der Waals surface area contributed by atoms with Gasteiger partial charge in [0.05, 0.1) is 0 Å². The van der Waals surface area contributed by atoms with Crippen LogP contribution in [0.5, 0.6) is 0 Å². The highest BCUT2D eigenvalue weighted by Crippen LogP contribution is 2.44. The molecule has 0 spiro atoms. The summed E-state index contributed by atoms with van der Waals surface area (Å²) in [6, 6.07) is 9.58. The SMILES string of the molecule is Brc1ccc([C@H](C2CC2)N2CCNCC2)cc1. The highest BCUT2D eigenvalue weighted by molar-refractivity contribution is 9.10. The van der Waals surface area contributed by atoms with Gasteiger partial charge in [0, 0.05) is 36.7 Å². The van der Waals surface area contributed by atoms with Crippen LogP contribution in [0.2, 0.25) is 0 Å². The van der Waals surface area contributed by atoms with E-state index in [1.807, 2.05) is 0 Å². The number of piperazine rings is 1. The van der Waals surface area contributed by atoms with E-state index in [2.05, 4.69) is 50.4 Å². The Hall–Kier alpha value is -0.380. The number of halogens is 1. The van der Waals surface area contributed by atoms with E-state index < -0.39 is 0 Å². The van der Waals surface area contributed by atoms with Gasteiger partial charge in [0.2, 0.25) is 0 Å². The molecule has 17 heavy (non-hydrogen) atoms. The Morgan fingerprint density at radius 3 is 2.35 bits per heavy atom. The van der Waals surface area contributed by atoms with E-state index in [9.17, 15) is 0 Å². The molecule has 1 aromatic rings. The first-order valence-electron chi connectivity index (χ1n) is 6.55. The fraction of sp³-hybridized carbons (Fsp3) is 0.571. The van der Waals surface area contributed by atoms with Crippen molar-refractivity contribution in [2.24, 2.45) is 5.92 Å². The van der Waals surface area contributed by atoms with Gasteiger partial charge in [-0.05, 0) is 36.5 Å². The Balaban J connectivity index is 1.81. The van der Waals surface area contributed by atoms with Crippen LogP contribution >= 0.6 is 15.9 Å². The second kappa shape index (κ2) is 5.09. The van der Waals surface area contributed by atoms with Gasteiger partial charge in [-0.2, -0.15) is 0 Å². The molecule has 3 heteroatoms. The highest BCUT2D eigenvalue weighted by Gasteiger charge is 2.36. The number of hydrogen-bond acceptors (Lipinski definition) is 2. The fourth-order valence-corrected chi connectivity index (χ4v) is 3.08. The van der Waals surface area contributed by atoms with Gasteiger partial charge in [0.1, 0.15) is 0 Å². The lowest BCUT2D eigenvalue weighted by atomic mass is 10.00. The van der Waals surface area contributed by atoms with Crippen LogP contribution < -0.4 is 5.32 Å². The van der Waals surface area contributed by atoms with Crippen LogP contribution in [0.1, 0.15) is 24.4 Å². The van der Waals surface area contributed by atoms with Crippen molar-refractivity contribution in [2.45, 2.75) is 18.9 Å². The van der Waals surface area contributed by atoms with Gasteiger partial charge in [-0.15, -0.1) is 0 Å². The lowest BCUT2D eigenvalue weighted by Crippen LogP contribution is -2.45. The van der Waals surface area contributed by atoms with E-state index in [-0.39, 0.29) is 0 Å². The lowest BCUT2D eigenvalue weighted by molar-refractivity contribution is 0.156. The summed E-state index contributed by atoms with van der Waals surface area (Å²) >= 11 is 3.52. The van der Waals surface area contributed by atoms with Crippen molar-refractivity contribution in [3.05, 3.63) is 34.3 Å². The minimum atomic E-state index is 0.658. The van der Waals surface area contributed by atoms with Gasteiger partial charge < -0.3 is 5.32 Å². The molecule has 0 unspecified atom stereocenters. The van der Waals surface area contributed by atoms with Gasteiger partial charge in [-0.1, -0.05) is 28.1 Å². The summed E-state index contributed by atoms with van der Waals surface area (Å²) in [6.45, 7) is 4.66. The molecule has 1 aliphatic heterocycles. The zero-order chi connectivity index (χ0) is 11.7. The van der Waals surface area contributed by atoms with Crippen molar-refractivity contribution >= 4 is 15.9 Å². The second-order valence-electron chi connectivity index (χ2n) is 5.12. The molecule has 2 fully saturated rings. The Labute approximate surface area is 112 Å². The minimum absolute atomic E-state index is 0.658. The summed E-state index contributed by atoms with van der Waals surface area (Å²) in [4.78, 5) is 2.66. The maximum Gasteiger partial charge on any atom is 0.0377 e. The van der Waals surface area contributed by atoms with E-state index in [4.69, 9.17) is 0 Å². The largest absolute Gasteiger partial charge is 0.314 e. The first-order chi connectivity index (χ1) is 8.34. The van der Waals surface area contributed by atoms with E-state index in [0.29, 0.717) is 6.04 Å². The van der Waals surface area contributed by atoms with Crippen molar-refractivity contribution in [3.8, 4) is 0 Å². The first-order valence-corrected chi connectivity index (χ1v) is 7.34. The third-order valence-corrected chi connectivity index (χ3v) is 4.35. The molecule has 1 aromatic carbocycles. The van der Waals surface area contributed by atoms with Crippen molar-refractivity contribution < 1.29 is 0 Å². The van der Waals surface area contributed by atoms with E-state index in [1.165, 1.54) is 36.0 Å². The van der Waals surface area contributed by atoms with Gasteiger partial charge in [0.25, 0.3) is 0 Å². The fourth-order valence-electron chi connectivity index (χ4n) is 2.81. The second-order valence-corrected chi connectivity index (χ2v) is 6.04. The van der Waals surface area contributed by atoms with Crippen molar-refractivity contribution in [2.75, 3.05) is 26.2 Å². The molecule has 1 saturated heterocycles. The summed E-state index contributed by atoms with van der Waals surface area (Å²) in [5.74, 6) is 0.897. The average molecular weight is 295 g/mol. The summed E-state index contributed by atoms with van der Waals surface area (Å²) in [5.41, 5.74) is 1.50. The molecule has 1 heterocycles. The van der Waals surface area contributed by atoms with Gasteiger partial charge in [-0.3, -0.25) is 4.90 Å². The predicted molar refractivity (Wildman–Crippen MR) is 74.0 cm³/mol. The topological polar surface area (TPSA) is 15.3 Å². The maximum atomic E-state index is 3.52. The number of hydrogen-bond donors (Lipinski definition) is 1. The van der Waals surface area contributed by atoms with E-state index >= 15 is 0 Å². The standard InChI is InChI=1S/C14H19BrN2/c15-13-5-3-12(4-6-13)14(11-1-2-11)17-9-7-16-8-10-17/h3-6,11,14,16H,1-2,7-10H2/t14-/m0/s1. The maximum absolute atomic E-state index is 3.52. The van der Waals surface area contributed by atoms with Crippen LogP contribution in [0.15, 0.2) is 28.7 Å². The Morgan fingerprint density at radius 1 is 1.12 bits per heavy atom. The summed E-state index contributed by atoms with van der Waals surface area (Å²) in [5, 5.41) is 3.44. The minimum Gasteiger partial charge on any atom is -0.314 e. The predicted octanol–water partition coefficient (Wildman–Crippen LogP) is 2.81. The molecular formula is C14H19BrN2. The molecular weight excluding hydrogens is 276 g/mol. The smallest absolute Gasteiger partial charge is 0.0377 e. The Kier molecular flexibility index (Phi) is 3.50. The van der Waals surface area contributed by atoms with Crippen LogP contribution in [0.3, 0.4) is 0 Å². The number of benzene rings is 1. The zero-order valence-corrected chi connectivity index (χ0v) is 11.6. The monoisotopic (exact) mass is 294 g/mol. The van der Waals surface area contributed by atoms with Crippen molar-refractivity contribution in [3.63, 3.8) is 0 Å². The zero-order valence-electron chi connectivity index (χ0n) is 10.0. The molecule has 2 aliphatic rings. The Morgan fingerprint density at radius 2 is 1.76 bits per heavy atom. The molecule has 92 valence electrons. The number of nitrogens with zero attached hydrogens (tertiary/aromatic N) is 1. The van der Waals surface area contributed by atoms with E-state index in [1.54, 1.807) is 0 Å². The van der Waals surface area contributed by atoms with Crippen molar-refractivity contribution in [1.82, 2.24) is 10.2 Å². The van der Waals surface area contributed by atoms with Gasteiger partial charge >= 0.3 is 0 Å². The molecule has 1 saturated carbocycles. The summed E-state index contributed by atoms with van der Waals surface area (Å²) in [6.07, 6.45) is 2.81. The van der Waals surface area contributed by atoms with Crippen LogP contribution in [0, 0.1) is 5.92 Å². The molecule has 0 radical (unpaired) electrons. The molecule has 0 amide bonds. The molecule has 2 nitrogen and oxygen atoms in total. The summed E-state index contributed by atoms with van der Waals surface area (Å²) < 4.78 is 1.18. The molecule has 3 rings (SSSR count). The third kappa shape index (κ3) is 2.72. The molecule has 1 aliphatic carbocycles. The molecule has 1 N–H and O–H groups in total. The Bertz CT molecular complexity index is 366. The first kappa shape index (κ1) is 11.7. The average Bonchev–Trinajstić information content (AvgIpc) is 3.18. The normalized spacial score (nSPS) is 23.6. The van der Waals surface area contributed by atoms with Crippen molar-refractivity contribution in [1.29, 1.82) is 0 Å². The lowest BCUT2D eigenvalue weighted by Gasteiger charge is -2.35. The molecule has 0 bridgehead atoms. The van der Waals surface area contributed by atoms with Crippen LogP contribution in [-0.4, -0.2) is 31.1 Å². The quantitative estimate of drug-likeness (QED) is 0.922. The van der Waals surface area contributed by atoms with Crippen LogP contribution in [0.25, 0.3) is 0 Å². The third-order valence-electron chi connectivity index (χ3n) is 3.83. The van der Waals surface area contributed by atoms with Gasteiger partial charge in [-0.25, -0.2) is 0 Å². The van der Waals surface area contributed by atoms with Gasteiger partial charge in [0.15, 0.2) is 0 Å². The highest BCUT2D eigenvalue weighted by atomic mass is 79.9. The number of rotatable bonds is 3. The molecule has 0 aromatic heterocycles. The van der Waals surface area contributed by atoms with Crippen LogP contribution in [-0.2, 0) is 0 Å². The summed E-state index contributed by atoms with van der Waals surface area (Å²) in [7, 11) is 0.